The number of oxazole rings is 1. The van der Waals surface area contributed by atoms with E-state index in [-0.39, 0.29) is 92.3 Å². The zero-order valence-corrected chi connectivity index (χ0v) is 52.8. The highest BCUT2D eigenvalue weighted by Crippen LogP contribution is 2.37. The van der Waals surface area contributed by atoms with Crippen LogP contribution in [0.25, 0.3) is 44.5 Å². The Morgan fingerprint density at radius 1 is 0.796 bits per heavy atom. The molecular weight excluding hydrogens is 1200 g/mol. The van der Waals surface area contributed by atoms with Gasteiger partial charge in [-0.15, -0.1) is 0 Å². The molecule has 8 aromatic rings. The van der Waals surface area contributed by atoms with E-state index >= 15 is 0 Å². The lowest BCUT2D eigenvalue weighted by molar-refractivity contribution is -0.137. The van der Waals surface area contributed by atoms with Gasteiger partial charge in [-0.2, -0.15) is 5.10 Å². The molecule has 29 heteroatoms. The van der Waals surface area contributed by atoms with E-state index < -0.39 is 65.4 Å². The highest BCUT2D eigenvalue weighted by molar-refractivity contribution is 6.13. The van der Waals surface area contributed by atoms with Crippen LogP contribution < -0.4 is 42.2 Å². The first-order valence-corrected chi connectivity index (χ1v) is 30.0. The average Bonchev–Trinajstić information content (AvgIpc) is 1.61. The van der Waals surface area contributed by atoms with E-state index in [1.165, 1.54) is 31.1 Å². The van der Waals surface area contributed by atoms with Crippen molar-refractivity contribution in [3.05, 3.63) is 125 Å². The maximum Gasteiger partial charge on any atom is 0.409 e. The minimum atomic E-state index is -1.02. The first kappa shape index (κ1) is 66.2. The Morgan fingerprint density at radius 2 is 1.48 bits per heavy atom. The lowest BCUT2D eigenvalue weighted by Crippen LogP contribution is -2.54. The number of carbonyl (C=O) groups excluding carboxylic acids is 9. The summed E-state index contributed by atoms with van der Waals surface area (Å²) in [6, 6.07) is 12.6. The fourth-order valence-corrected chi connectivity index (χ4v) is 10.5. The second-order valence-electron chi connectivity index (χ2n) is 22.3. The number of benzene rings is 3. The summed E-state index contributed by atoms with van der Waals surface area (Å²) in [5, 5.41) is 16.7. The molecule has 93 heavy (non-hydrogen) atoms. The van der Waals surface area contributed by atoms with Crippen molar-refractivity contribution in [2.75, 3.05) is 44.5 Å². The number of aryl methyl sites for hydroxylation is 4. The molecule has 0 fully saturated rings. The summed E-state index contributed by atoms with van der Waals surface area (Å²) in [4.78, 5) is 137. The van der Waals surface area contributed by atoms with E-state index in [2.05, 4.69) is 31.3 Å². The fourth-order valence-electron chi connectivity index (χ4n) is 10.5. The Morgan fingerprint density at radius 3 is 2.15 bits per heavy atom. The number of carbonyl (C=O) groups is 9. The normalized spacial score (nSPS) is 12.9. The van der Waals surface area contributed by atoms with E-state index in [0.717, 1.165) is 22.7 Å². The number of nitrogens with zero attached hydrogens (tertiary/aromatic N) is 10. The summed E-state index contributed by atoms with van der Waals surface area (Å²) in [5.74, 6) is -3.76. The van der Waals surface area contributed by atoms with Crippen LogP contribution in [0.2, 0.25) is 0 Å². The monoisotopic (exact) mass is 1270 g/mol. The molecule has 9 rings (SSSR count). The second-order valence-corrected chi connectivity index (χ2v) is 22.3. The number of nitrogens with one attached hydrogen (secondary N) is 4. The number of methoxy groups -OCH3 is 1. The molecule has 3 aromatic carbocycles. The largest absolute Gasteiger partial charge is 0.495 e. The summed E-state index contributed by atoms with van der Waals surface area (Å²) < 4.78 is 29.0. The molecule has 1 aliphatic heterocycles. The molecule has 0 saturated heterocycles. The smallest absolute Gasteiger partial charge is 0.409 e. The third kappa shape index (κ3) is 15.0. The van der Waals surface area contributed by atoms with Gasteiger partial charge in [-0.05, 0) is 87.6 Å². The van der Waals surface area contributed by atoms with Crippen molar-refractivity contribution in [3.8, 4) is 23.0 Å². The van der Waals surface area contributed by atoms with Crippen molar-refractivity contribution in [2.24, 2.45) is 17.4 Å². The third-order valence-electron chi connectivity index (χ3n) is 15.3. The molecule has 0 saturated carbocycles. The number of primary amides is 2. The molecule has 0 unspecified atom stereocenters. The second kappa shape index (κ2) is 28.7. The predicted molar refractivity (Wildman–Crippen MR) is 341 cm³/mol. The number of allylic oxidation sites excluding steroid dienone is 2. The summed E-state index contributed by atoms with van der Waals surface area (Å²) in [6.07, 6.45) is 7.51. The van der Waals surface area contributed by atoms with Crippen LogP contribution in [0.4, 0.5) is 16.4 Å². The van der Waals surface area contributed by atoms with Crippen LogP contribution in [-0.2, 0) is 61.4 Å². The Kier molecular flexibility index (Phi) is 20.4. The van der Waals surface area contributed by atoms with E-state index in [4.69, 9.17) is 45.0 Å². The van der Waals surface area contributed by atoms with Crippen LogP contribution in [0.15, 0.2) is 89.5 Å². The van der Waals surface area contributed by atoms with Crippen molar-refractivity contribution in [3.63, 3.8) is 0 Å². The molecule has 9 amide bonds. The van der Waals surface area contributed by atoms with Crippen LogP contribution in [0.1, 0.15) is 102 Å². The predicted octanol–water partition coefficient (Wildman–Crippen LogP) is 5.64. The molecule has 5 aromatic heterocycles. The molecule has 486 valence electrons. The van der Waals surface area contributed by atoms with Gasteiger partial charge in [0.1, 0.15) is 47.0 Å². The summed E-state index contributed by atoms with van der Waals surface area (Å²) in [6.45, 7) is 13.1. The van der Waals surface area contributed by atoms with Gasteiger partial charge in [0.15, 0.2) is 11.7 Å². The zero-order chi connectivity index (χ0) is 66.9. The van der Waals surface area contributed by atoms with Crippen molar-refractivity contribution < 1.29 is 61.8 Å². The SMILES string of the molecule is CCc1nc(C)oc1C(=O)Nc1nc2cc(C(N)=O)cc(OCCCN(C)C(=O)OCc3ccc(NC(=O)[C@H](C)NC(=O)[C@@H](NC(=O)CCN4C(=O)C=CC4=O)C(C)C)cc3)c2n1C/C=C/Cn1c2nc(-c3cc(C)nn3CC)ncc2c2cc(C(N)=O)cc(OC)c21. The summed E-state index contributed by atoms with van der Waals surface area (Å²) >= 11 is 0. The van der Waals surface area contributed by atoms with Gasteiger partial charge in [-0.1, -0.05) is 45.1 Å². The van der Waals surface area contributed by atoms with Gasteiger partial charge in [0.05, 0.1) is 36.1 Å². The summed E-state index contributed by atoms with van der Waals surface area (Å²) in [7, 11) is 3.05. The van der Waals surface area contributed by atoms with Crippen LogP contribution in [0.5, 0.6) is 11.5 Å². The van der Waals surface area contributed by atoms with Crippen molar-refractivity contribution >= 4 is 98.0 Å². The number of hydrogen-bond donors (Lipinski definition) is 6. The first-order chi connectivity index (χ1) is 44.5. The molecule has 0 bridgehead atoms. The van der Waals surface area contributed by atoms with Gasteiger partial charge in [0.2, 0.25) is 41.2 Å². The fraction of sp³-hybridized carbons (Fsp3) is 0.344. The zero-order valence-electron chi connectivity index (χ0n) is 52.8. The van der Waals surface area contributed by atoms with Gasteiger partial charge in [-0.3, -0.25) is 53.3 Å². The number of ether oxygens (including phenoxy) is 3. The Bertz CT molecular complexity index is 4290. The maximum absolute atomic E-state index is 14.0. The van der Waals surface area contributed by atoms with Gasteiger partial charge < -0.3 is 60.1 Å². The standard InChI is InChI=1S/C64H72N16O13/c1-10-44-55(93-37(7)69-44)62(88)74-63-71-45-29-40(57(66)85)31-48(54(45)79(63)24-13-12-23-78-53-42(28-39(56(65)84)30-47(53)90-9)43-32-67-58(73-59(43)78)46-27-35(5)75-80(46)11-2)91-26-14-22-76(8)64(89)92-33-38-15-17-41(18-16-38)70-60(86)36(6)68-61(87)52(34(3)4)72-49(81)21-25-77-50(82)19-20-51(77)83/h12-13,15-20,27-32,34,36,52H,10-11,14,21-26,33H2,1-9H3,(H2,65,84)(H2,66,85)(H,68,87)(H,70,86)(H,72,81)(H,71,74,88)/b13-12+/t36-,52-/m0/s1. The van der Waals surface area contributed by atoms with E-state index in [9.17, 15) is 43.2 Å². The van der Waals surface area contributed by atoms with Gasteiger partial charge in [0, 0.05) is 99.1 Å². The van der Waals surface area contributed by atoms with Gasteiger partial charge in [0.25, 0.3) is 17.7 Å². The van der Waals surface area contributed by atoms with E-state index in [0.29, 0.717) is 80.5 Å². The average molecular weight is 1270 g/mol. The Hall–Kier alpha value is -11.3. The molecule has 8 N–H and O–H groups in total. The minimum Gasteiger partial charge on any atom is -0.495 e. The number of rotatable bonds is 28. The quantitative estimate of drug-likeness (QED) is 0.0196. The highest BCUT2D eigenvalue weighted by atomic mass is 16.6. The molecular formula is C64H72N16O13. The third-order valence-corrected chi connectivity index (χ3v) is 15.3. The van der Waals surface area contributed by atoms with Gasteiger partial charge >= 0.3 is 6.09 Å². The highest BCUT2D eigenvalue weighted by Gasteiger charge is 2.30. The van der Waals surface area contributed by atoms with Crippen molar-refractivity contribution in [1.29, 1.82) is 0 Å². The minimum absolute atomic E-state index is 0.00342. The van der Waals surface area contributed by atoms with E-state index in [1.807, 2.05) is 48.2 Å². The molecule has 0 spiro atoms. The number of imide groups is 1. The van der Waals surface area contributed by atoms with Crippen molar-refractivity contribution in [2.45, 2.75) is 106 Å². The van der Waals surface area contributed by atoms with Crippen LogP contribution in [0, 0.1) is 19.8 Å². The molecule has 0 radical (unpaired) electrons. The van der Waals surface area contributed by atoms with Crippen molar-refractivity contribution in [1.82, 2.24) is 59.3 Å². The first-order valence-electron chi connectivity index (χ1n) is 30.0. The Balaban J connectivity index is 0.865. The number of amides is 9. The number of hydrogen-bond acceptors (Lipinski definition) is 18. The van der Waals surface area contributed by atoms with Crippen LogP contribution >= 0.6 is 0 Å². The molecule has 29 nitrogen and oxygen atoms in total. The number of anilines is 2. The number of imidazole rings is 1. The molecule has 1 aliphatic rings. The molecule has 2 atom stereocenters. The summed E-state index contributed by atoms with van der Waals surface area (Å²) in [5.41, 5.74) is 16.7. The van der Waals surface area contributed by atoms with Crippen LogP contribution in [0.3, 0.4) is 0 Å². The molecule has 6 heterocycles. The number of aromatic nitrogens is 8. The number of fused-ring (bicyclic) bond motifs is 4. The topological polar surface area (TPSA) is 380 Å². The maximum atomic E-state index is 14.0. The number of nitrogens with two attached hydrogens (primary N) is 2. The lowest BCUT2D eigenvalue weighted by atomic mass is 10.0. The van der Waals surface area contributed by atoms with E-state index in [1.54, 1.807) is 75.0 Å². The Labute approximate surface area is 532 Å². The lowest BCUT2D eigenvalue weighted by Gasteiger charge is -2.24. The van der Waals surface area contributed by atoms with Gasteiger partial charge in [-0.25, -0.2) is 24.7 Å². The van der Waals surface area contributed by atoms with Crippen LogP contribution in [-0.4, -0.2) is 148 Å². The molecule has 0 aliphatic carbocycles.